The van der Waals surface area contributed by atoms with Crippen molar-refractivity contribution in [2.45, 2.75) is 13.3 Å². The Morgan fingerprint density at radius 3 is 2.20 bits per heavy atom. The molecule has 0 radical (unpaired) electrons. The van der Waals surface area contributed by atoms with E-state index in [0.717, 1.165) is 0 Å². The Bertz CT molecular complexity index is 229. The summed E-state index contributed by atoms with van der Waals surface area (Å²) < 4.78 is 0. The molecule has 0 aliphatic heterocycles. The normalized spacial score (nSPS) is 12.6. The molecule has 0 saturated heterocycles. The van der Waals surface area contributed by atoms with Crippen LogP contribution in [0.5, 0.6) is 0 Å². The van der Waals surface area contributed by atoms with Crippen LogP contribution in [0.15, 0.2) is 0 Å². The molecular formula is C10H20N2O3. The molecule has 0 saturated carbocycles. The third-order valence-corrected chi connectivity index (χ3v) is 2.17. The minimum absolute atomic E-state index is 0.0169. The van der Waals surface area contributed by atoms with Crippen LogP contribution in [0.25, 0.3) is 0 Å². The van der Waals surface area contributed by atoms with Gasteiger partial charge in [0.15, 0.2) is 0 Å². The molecule has 88 valence electrons. The second kappa shape index (κ2) is 6.40. The Morgan fingerprint density at radius 1 is 1.27 bits per heavy atom. The van der Waals surface area contributed by atoms with Crippen LogP contribution in [0.2, 0.25) is 0 Å². The van der Waals surface area contributed by atoms with E-state index >= 15 is 0 Å². The fraction of sp³-hybridized carbons (Fsp3) is 0.800. The minimum atomic E-state index is -0.873. The number of hydrogen-bond donors (Lipinski definition) is 1. The molecule has 0 aliphatic carbocycles. The summed E-state index contributed by atoms with van der Waals surface area (Å²) in [5.74, 6) is -1.41. The number of carboxylic acids is 1. The van der Waals surface area contributed by atoms with Crippen LogP contribution in [0.3, 0.4) is 0 Å². The summed E-state index contributed by atoms with van der Waals surface area (Å²) in [6.45, 7) is 2.55. The first-order valence-electron chi connectivity index (χ1n) is 4.96. The van der Waals surface area contributed by atoms with Gasteiger partial charge < -0.3 is 14.9 Å². The number of nitrogens with zero attached hydrogens (tertiary/aromatic N) is 2. The van der Waals surface area contributed by atoms with E-state index < -0.39 is 11.9 Å². The van der Waals surface area contributed by atoms with Crippen LogP contribution >= 0.6 is 0 Å². The van der Waals surface area contributed by atoms with E-state index in [1.807, 2.05) is 19.0 Å². The smallest absolute Gasteiger partial charge is 0.308 e. The molecule has 1 atom stereocenters. The molecule has 1 amide bonds. The van der Waals surface area contributed by atoms with Gasteiger partial charge in [-0.15, -0.1) is 0 Å². The lowest BCUT2D eigenvalue weighted by Gasteiger charge is -2.20. The number of aliphatic carboxylic acids is 1. The monoisotopic (exact) mass is 216 g/mol. The van der Waals surface area contributed by atoms with Gasteiger partial charge >= 0.3 is 5.97 Å². The average Bonchev–Trinajstić information content (AvgIpc) is 2.13. The van der Waals surface area contributed by atoms with Gasteiger partial charge in [-0.1, -0.05) is 6.92 Å². The van der Waals surface area contributed by atoms with Crippen LogP contribution in [-0.4, -0.2) is 61.0 Å². The highest BCUT2D eigenvalue weighted by molar-refractivity contribution is 5.77. The molecule has 5 nitrogen and oxygen atoms in total. The highest BCUT2D eigenvalue weighted by Crippen LogP contribution is 2.00. The van der Waals surface area contributed by atoms with Crippen LogP contribution in [0, 0.1) is 5.92 Å². The average molecular weight is 216 g/mol. The first-order valence-corrected chi connectivity index (χ1v) is 4.96. The first kappa shape index (κ1) is 13.9. The second-order valence-electron chi connectivity index (χ2n) is 4.07. The number of carboxylic acid groups (broad SMARTS) is 1. The van der Waals surface area contributed by atoms with E-state index in [1.165, 1.54) is 4.90 Å². The maximum atomic E-state index is 11.5. The maximum absolute atomic E-state index is 11.5. The van der Waals surface area contributed by atoms with Gasteiger partial charge in [0.05, 0.1) is 5.92 Å². The number of carbonyl (C=O) groups is 2. The Morgan fingerprint density at radius 2 is 1.80 bits per heavy atom. The van der Waals surface area contributed by atoms with E-state index in [-0.39, 0.29) is 12.5 Å². The third-order valence-electron chi connectivity index (χ3n) is 2.17. The molecule has 5 heteroatoms. The van der Waals surface area contributed by atoms with Crippen LogP contribution in [0.1, 0.15) is 13.3 Å². The van der Waals surface area contributed by atoms with Crippen molar-refractivity contribution in [3.8, 4) is 0 Å². The zero-order valence-corrected chi connectivity index (χ0v) is 9.86. The highest BCUT2D eigenvalue weighted by Gasteiger charge is 2.16. The SMILES string of the molecule is CC(CN(C)C(=O)CCN(C)C)C(=O)O. The number of carbonyl (C=O) groups excluding carboxylic acids is 1. The summed E-state index contributed by atoms with van der Waals surface area (Å²) in [6.07, 6.45) is 0.426. The van der Waals surface area contributed by atoms with E-state index in [1.54, 1.807) is 14.0 Å². The number of amides is 1. The van der Waals surface area contributed by atoms with E-state index in [2.05, 4.69) is 0 Å². The largest absolute Gasteiger partial charge is 0.481 e. The molecule has 0 fully saturated rings. The van der Waals surface area contributed by atoms with Crippen LogP contribution in [-0.2, 0) is 9.59 Å². The Balaban J connectivity index is 3.93. The fourth-order valence-corrected chi connectivity index (χ4v) is 1.10. The molecule has 0 spiro atoms. The summed E-state index contributed by atoms with van der Waals surface area (Å²) in [4.78, 5) is 25.5. The summed E-state index contributed by atoms with van der Waals surface area (Å²) in [7, 11) is 5.43. The zero-order valence-electron chi connectivity index (χ0n) is 9.86. The van der Waals surface area contributed by atoms with Crippen molar-refractivity contribution in [1.29, 1.82) is 0 Å². The molecule has 1 unspecified atom stereocenters. The van der Waals surface area contributed by atoms with E-state index in [4.69, 9.17) is 5.11 Å². The maximum Gasteiger partial charge on any atom is 0.308 e. The number of rotatable bonds is 6. The van der Waals surface area contributed by atoms with Crippen molar-refractivity contribution < 1.29 is 14.7 Å². The zero-order chi connectivity index (χ0) is 12.0. The Labute approximate surface area is 90.7 Å². The first-order chi connectivity index (χ1) is 6.84. The van der Waals surface area contributed by atoms with Crippen molar-refractivity contribution in [1.82, 2.24) is 9.80 Å². The second-order valence-corrected chi connectivity index (χ2v) is 4.07. The molecule has 15 heavy (non-hydrogen) atoms. The predicted molar refractivity (Wildman–Crippen MR) is 57.6 cm³/mol. The molecule has 0 aromatic carbocycles. The van der Waals surface area contributed by atoms with Crippen molar-refractivity contribution in [3.63, 3.8) is 0 Å². The molecule has 0 aromatic rings. The molecule has 0 heterocycles. The van der Waals surface area contributed by atoms with Gasteiger partial charge in [-0.05, 0) is 14.1 Å². The van der Waals surface area contributed by atoms with Crippen molar-refractivity contribution >= 4 is 11.9 Å². The summed E-state index contributed by atoms with van der Waals surface area (Å²) in [5.41, 5.74) is 0. The molecule has 0 bridgehead atoms. The fourth-order valence-electron chi connectivity index (χ4n) is 1.10. The third kappa shape index (κ3) is 6.06. The lowest BCUT2D eigenvalue weighted by atomic mass is 10.1. The lowest BCUT2D eigenvalue weighted by Crippen LogP contribution is -2.35. The summed E-state index contributed by atoms with van der Waals surface area (Å²) in [6, 6.07) is 0. The Hall–Kier alpha value is -1.10. The molecule has 0 aromatic heterocycles. The van der Waals surface area contributed by atoms with E-state index in [9.17, 15) is 9.59 Å². The van der Waals surface area contributed by atoms with Gasteiger partial charge in [0.25, 0.3) is 0 Å². The molecule has 0 aliphatic rings. The molecule has 1 N–H and O–H groups in total. The van der Waals surface area contributed by atoms with Gasteiger partial charge in [0.2, 0.25) is 5.91 Å². The van der Waals surface area contributed by atoms with Gasteiger partial charge in [0, 0.05) is 26.6 Å². The standard InChI is InChI=1S/C10H20N2O3/c1-8(10(14)15)7-12(4)9(13)5-6-11(2)3/h8H,5-7H2,1-4H3,(H,14,15). The topological polar surface area (TPSA) is 60.9 Å². The van der Waals surface area contributed by atoms with Gasteiger partial charge in [-0.2, -0.15) is 0 Å². The molecule has 0 rings (SSSR count). The summed E-state index contributed by atoms with van der Waals surface area (Å²) in [5, 5.41) is 8.68. The van der Waals surface area contributed by atoms with Crippen molar-refractivity contribution in [3.05, 3.63) is 0 Å². The quantitative estimate of drug-likeness (QED) is 0.685. The van der Waals surface area contributed by atoms with Crippen molar-refractivity contribution in [2.24, 2.45) is 5.92 Å². The molecular weight excluding hydrogens is 196 g/mol. The van der Waals surface area contributed by atoms with Gasteiger partial charge in [-0.3, -0.25) is 9.59 Å². The van der Waals surface area contributed by atoms with Gasteiger partial charge in [0.1, 0.15) is 0 Å². The predicted octanol–water partition coefficient (Wildman–Crippen LogP) is 0.117. The minimum Gasteiger partial charge on any atom is -0.481 e. The van der Waals surface area contributed by atoms with Crippen LogP contribution in [0.4, 0.5) is 0 Å². The van der Waals surface area contributed by atoms with Crippen LogP contribution < -0.4 is 0 Å². The summed E-state index contributed by atoms with van der Waals surface area (Å²) >= 11 is 0. The van der Waals surface area contributed by atoms with Crippen molar-refractivity contribution in [2.75, 3.05) is 34.2 Å². The lowest BCUT2D eigenvalue weighted by molar-refractivity contribution is -0.142. The highest BCUT2D eigenvalue weighted by atomic mass is 16.4. The Kier molecular flexibility index (Phi) is 5.93. The number of hydrogen-bond acceptors (Lipinski definition) is 3. The van der Waals surface area contributed by atoms with Gasteiger partial charge in [-0.25, -0.2) is 0 Å². The van der Waals surface area contributed by atoms with E-state index in [0.29, 0.717) is 13.0 Å².